The number of hydrogen-bond acceptors (Lipinski definition) is 0. The molecule has 6 unspecified atom stereocenters. The van der Waals surface area contributed by atoms with E-state index >= 15 is 0 Å². The van der Waals surface area contributed by atoms with Crippen molar-refractivity contribution in [3.63, 3.8) is 0 Å². The van der Waals surface area contributed by atoms with E-state index in [1.54, 1.807) is 5.57 Å². The van der Waals surface area contributed by atoms with E-state index in [1.165, 1.54) is 70.6 Å². The quantitative estimate of drug-likeness (QED) is 0.430. The SMILES string of the molecule is C=CC12CCC3(C)C(CC[C@]4(C)/C(=C\C)CCC34)C1(CC)CCCC(C)C2. The van der Waals surface area contributed by atoms with Crippen LogP contribution in [-0.4, -0.2) is 0 Å². The Balaban J connectivity index is 1.81. The maximum atomic E-state index is 4.49. The summed E-state index contributed by atoms with van der Waals surface area (Å²) in [5.74, 6) is 2.68. The van der Waals surface area contributed by atoms with Gasteiger partial charge in [0, 0.05) is 0 Å². The predicted molar refractivity (Wildman–Crippen MR) is 118 cm³/mol. The molecular formula is C27H44. The molecule has 0 aromatic carbocycles. The third kappa shape index (κ3) is 2.40. The van der Waals surface area contributed by atoms with Gasteiger partial charge < -0.3 is 0 Å². The molecule has 0 radical (unpaired) electrons. The molecule has 7 atom stereocenters. The summed E-state index contributed by atoms with van der Waals surface area (Å²) in [5.41, 5.74) is 3.71. The Bertz CT molecular complexity index is 628. The minimum absolute atomic E-state index is 0.400. The van der Waals surface area contributed by atoms with Crippen molar-refractivity contribution in [1.82, 2.24) is 0 Å². The Morgan fingerprint density at radius 1 is 1.04 bits per heavy atom. The van der Waals surface area contributed by atoms with Crippen molar-refractivity contribution in [3.05, 3.63) is 24.3 Å². The van der Waals surface area contributed by atoms with Crippen molar-refractivity contribution in [1.29, 1.82) is 0 Å². The summed E-state index contributed by atoms with van der Waals surface area (Å²) in [7, 11) is 0. The standard InChI is InChI=1S/C27H44/c1-7-21-12-13-22-24(21,5)16-14-23-25(22,6)17-18-26(8-2)19-20(4)11-10-15-27(23,26)9-3/h7-8,20,22-23H,2,9-19H2,1,3-6H3/b21-7-/t20?,22?,23?,24-,25?,26?,27?/m1/s1. The molecular weight excluding hydrogens is 324 g/mol. The Morgan fingerprint density at radius 3 is 2.48 bits per heavy atom. The summed E-state index contributed by atoms with van der Waals surface area (Å²) in [4.78, 5) is 0. The lowest BCUT2D eigenvalue weighted by Gasteiger charge is -2.68. The summed E-state index contributed by atoms with van der Waals surface area (Å²) in [6.45, 7) is 17.2. The molecule has 152 valence electrons. The summed E-state index contributed by atoms with van der Waals surface area (Å²) in [5, 5.41) is 0. The molecule has 4 aliphatic rings. The Hall–Kier alpha value is -0.520. The van der Waals surface area contributed by atoms with Crippen molar-refractivity contribution in [2.75, 3.05) is 0 Å². The van der Waals surface area contributed by atoms with E-state index in [0.29, 0.717) is 21.7 Å². The highest BCUT2D eigenvalue weighted by Crippen LogP contribution is 2.75. The summed E-state index contributed by atoms with van der Waals surface area (Å²) in [6.07, 6.45) is 20.6. The first-order valence-electron chi connectivity index (χ1n) is 12.1. The minimum atomic E-state index is 0.400. The van der Waals surface area contributed by atoms with Crippen LogP contribution in [0.3, 0.4) is 0 Å². The molecule has 0 heteroatoms. The van der Waals surface area contributed by atoms with E-state index in [1.807, 2.05) is 0 Å². The monoisotopic (exact) mass is 368 g/mol. The maximum absolute atomic E-state index is 4.49. The lowest BCUT2D eigenvalue weighted by molar-refractivity contribution is -0.177. The second-order valence-electron chi connectivity index (χ2n) is 11.5. The molecule has 0 aromatic heterocycles. The summed E-state index contributed by atoms with van der Waals surface area (Å²) < 4.78 is 0. The van der Waals surface area contributed by atoms with Gasteiger partial charge in [-0.25, -0.2) is 0 Å². The molecule has 0 aromatic rings. The van der Waals surface area contributed by atoms with Crippen molar-refractivity contribution in [2.24, 2.45) is 39.4 Å². The molecule has 0 N–H and O–H groups in total. The largest absolute Gasteiger partial charge is 0.103 e. The van der Waals surface area contributed by atoms with Gasteiger partial charge >= 0.3 is 0 Å². The minimum Gasteiger partial charge on any atom is -0.103 e. The van der Waals surface area contributed by atoms with Gasteiger partial charge in [-0.15, -0.1) is 6.58 Å². The van der Waals surface area contributed by atoms with Crippen LogP contribution in [0.15, 0.2) is 24.3 Å². The number of fused-ring (bicyclic) bond motifs is 5. The van der Waals surface area contributed by atoms with Gasteiger partial charge in [-0.2, -0.15) is 0 Å². The molecule has 4 rings (SSSR count). The molecule has 4 aliphatic carbocycles. The van der Waals surface area contributed by atoms with Gasteiger partial charge in [0.05, 0.1) is 0 Å². The average Bonchev–Trinajstić information content (AvgIpc) is 2.92. The van der Waals surface area contributed by atoms with Crippen molar-refractivity contribution in [3.8, 4) is 0 Å². The van der Waals surface area contributed by atoms with Crippen molar-refractivity contribution >= 4 is 0 Å². The zero-order valence-electron chi connectivity index (χ0n) is 18.9. The van der Waals surface area contributed by atoms with Crippen molar-refractivity contribution in [2.45, 2.75) is 105 Å². The van der Waals surface area contributed by atoms with Crippen molar-refractivity contribution < 1.29 is 0 Å². The van der Waals surface area contributed by atoms with E-state index in [4.69, 9.17) is 0 Å². The van der Waals surface area contributed by atoms with E-state index in [2.05, 4.69) is 53.3 Å². The first-order valence-corrected chi connectivity index (χ1v) is 12.1. The topological polar surface area (TPSA) is 0 Å². The lowest BCUT2D eigenvalue weighted by atomic mass is 9.36. The Morgan fingerprint density at radius 2 is 1.81 bits per heavy atom. The molecule has 0 bridgehead atoms. The van der Waals surface area contributed by atoms with Gasteiger partial charge in [0.25, 0.3) is 0 Å². The smallest absolute Gasteiger partial charge is 0.00590 e. The zero-order chi connectivity index (χ0) is 19.5. The van der Waals surface area contributed by atoms with Crippen LogP contribution in [0, 0.1) is 39.4 Å². The first-order chi connectivity index (χ1) is 12.8. The molecule has 0 amide bonds. The third-order valence-electron chi connectivity index (χ3n) is 10.9. The highest BCUT2D eigenvalue weighted by atomic mass is 14.7. The Labute approximate surface area is 169 Å². The molecule has 0 saturated heterocycles. The average molecular weight is 369 g/mol. The van der Waals surface area contributed by atoms with Gasteiger partial charge in [-0.3, -0.25) is 0 Å². The fraction of sp³-hybridized carbons (Fsp3) is 0.852. The fourth-order valence-corrected chi connectivity index (χ4v) is 9.74. The number of allylic oxidation sites excluding steroid dienone is 3. The lowest BCUT2D eigenvalue weighted by Crippen LogP contribution is -2.61. The van der Waals surface area contributed by atoms with E-state index in [9.17, 15) is 0 Å². The normalized spacial score (nSPS) is 54.0. The molecule has 4 saturated carbocycles. The molecule has 27 heavy (non-hydrogen) atoms. The fourth-order valence-electron chi connectivity index (χ4n) is 9.74. The highest BCUT2D eigenvalue weighted by molar-refractivity contribution is 5.27. The van der Waals surface area contributed by atoms with Crippen LogP contribution in [0.5, 0.6) is 0 Å². The molecule has 0 spiro atoms. The van der Waals surface area contributed by atoms with Crippen LogP contribution in [0.2, 0.25) is 0 Å². The van der Waals surface area contributed by atoms with Crippen LogP contribution in [0.4, 0.5) is 0 Å². The second kappa shape index (κ2) is 6.50. The van der Waals surface area contributed by atoms with Crippen LogP contribution in [-0.2, 0) is 0 Å². The zero-order valence-corrected chi connectivity index (χ0v) is 18.9. The van der Waals surface area contributed by atoms with Gasteiger partial charge in [-0.05, 0) is 104 Å². The first kappa shape index (κ1) is 19.8. The van der Waals surface area contributed by atoms with Crippen LogP contribution in [0.1, 0.15) is 105 Å². The molecule has 0 aliphatic heterocycles. The Kier molecular flexibility index (Phi) is 4.76. The number of hydrogen-bond donors (Lipinski definition) is 0. The molecule has 0 nitrogen and oxygen atoms in total. The summed E-state index contributed by atoms with van der Waals surface area (Å²) >= 11 is 0. The van der Waals surface area contributed by atoms with Gasteiger partial charge in [0.15, 0.2) is 0 Å². The predicted octanol–water partition coefficient (Wildman–Crippen LogP) is 8.34. The van der Waals surface area contributed by atoms with Crippen LogP contribution >= 0.6 is 0 Å². The molecule has 4 fully saturated rings. The van der Waals surface area contributed by atoms with Gasteiger partial charge in [0.1, 0.15) is 0 Å². The van der Waals surface area contributed by atoms with Gasteiger partial charge in [0.2, 0.25) is 0 Å². The van der Waals surface area contributed by atoms with Gasteiger partial charge in [-0.1, -0.05) is 58.3 Å². The van der Waals surface area contributed by atoms with E-state index in [-0.39, 0.29) is 0 Å². The maximum Gasteiger partial charge on any atom is -0.00590 e. The highest BCUT2D eigenvalue weighted by Gasteiger charge is 2.67. The van der Waals surface area contributed by atoms with E-state index < -0.39 is 0 Å². The van der Waals surface area contributed by atoms with E-state index in [0.717, 1.165) is 17.8 Å². The van der Waals surface area contributed by atoms with Crippen LogP contribution in [0.25, 0.3) is 0 Å². The molecule has 0 heterocycles. The second-order valence-corrected chi connectivity index (χ2v) is 11.5. The third-order valence-corrected chi connectivity index (χ3v) is 10.9. The number of rotatable bonds is 2. The van der Waals surface area contributed by atoms with Crippen LogP contribution < -0.4 is 0 Å². The summed E-state index contributed by atoms with van der Waals surface area (Å²) in [6, 6.07) is 0.